The van der Waals surface area contributed by atoms with Gasteiger partial charge in [-0.2, -0.15) is 0 Å². The summed E-state index contributed by atoms with van der Waals surface area (Å²) in [5, 5.41) is 0.773. The van der Waals surface area contributed by atoms with Gasteiger partial charge in [-0.15, -0.1) is 0 Å². The largest absolute Gasteiger partial charge is 0.368 e. The van der Waals surface area contributed by atoms with E-state index in [9.17, 15) is 9.59 Å². The molecule has 3 aromatic rings. The number of carbonyl (C=O) groups excluding carboxylic acids is 1. The van der Waals surface area contributed by atoms with Crippen molar-refractivity contribution >= 4 is 29.1 Å². The van der Waals surface area contributed by atoms with Gasteiger partial charge in [-0.25, -0.2) is 4.98 Å². The second kappa shape index (κ2) is 12.7. The summed E-state index contributed by atoms with van der Waals surface area (Å²) in [6, 6.07) is 19.6. The van der Waals surface area contributed by atoms with Crippen LogP contribution >= 0.6 is 11.6 Å². The highest BCUT2D eigenvalue weighted by Gasteiger charge is 2.27. The second-order valence-corrected chi connectivity index (χ2v) is 10.7. The Kier molecular flexibility index (Phi) is 8.84. The highest BCUT2D eigenvalue weighted by Crippen LogP contribution is 2.26. The molecule has 0 bridgehead atoms. The first kappa shape index (κ1) is 27.2. The van der Waals surface area contributed by atoms with E-state index in [0.717, 1.165) is 67.5 Å². The van der Waals surface area contributed by atoms with Crippen LogP contribution in [0.25, 0.3) is 0 Å². The zero-order valence-electron chi connectivity index (χ0n) is 22.6. The monoisotopic (exact) mass is 548 g/mol. The van der Waals surface area contributed by atoms with Gasteiger partial charge in [0, 0.05) is 65.0 Å². The summed E-state index contributed by atoms with van der Waals surface area (Å²) in [4.78, 5) is 42.5. The number of halogens is 1. The maximum atomic E-state index is 13.4. The maximum Gasteiger partial charge on any atom is 0.252 e. The molecule has 1 N–H and O–H groups in total. The molecule has 2 fully saturated rings. The topological polar surface area (TPSA) is 75.8 Å². The summed E-state index contributed by atoms with van der Waals surface area (Å²) < 4.78 is 0. The van der Waals surface area contributed by atoms with Crippen molar-refractivity contribution in [3.8, 4) is 0 Å². The molecule has 206 valence electrons. The number of rotatable bonds is 7. The third-order valence-corrected chi connectivity index (χ3v) is 8.07. The number of benzene rings is 2. The standard InChI is InChI=1S/C30H37ClN6O2/c1-2-25(23-9-4-3-5-10-23)29(39)36-13-8-14-37(20-19-36)30-32-24(21-28(38)33-30)22-34-15-17-35(18-16-34)27-12-7-6-11-26(27)31/h3-7,9-12,21,25H,2,8,13-20,22H2,1H3,(H,32,33,38)/t25-/m0/s1. The van der Waals surface area contributed by atoms with E-state index in [-0.39, 0.29) is 17.4 Å². The normalized spacial score (nSPS) is 17.6. The van der Waals surface area contributed by atoms with Gasteiger partial charge in [-0.1, -0.05) is 61.0 Å². The van der Waals surface area contributed by atoms with Gasteiger partial charge < -0.3 is 14.7 Å². The van der Waals surface area contributed by atoms with Crippen LogP contribution in [0.1, 0.15) is 36.9 Å². The Bertz CT molecular complexity index is 1310. The van der Waals surface area contributed by atoms with Crippen LogP contribution in [0, 0.1) is 0 Å². The first-order chi connectivity index (χ1) is 19.0. The zero-order valence-corrected chi connectivity index (χ0v) is 23.3. The number of carbonyl (C=O) groups is 1. The van der Waals surface area contributed by atoms with Crippen LogP contribution < -0.4 is 15.4 Å². The van der Waals surface area contributed by atoms with Gasteiger partial charge in [0.2, 0.25) is 11.9 Å². The van der Waals surface area contributed by atoms with Crippen LogP contribution in [0.2, 0.25) is 5.02 Å². The van der Waals surface area contributed by atoms with Crippen molar-refractivity contribution in [3.63, 3.8) is 0 Å². The van der Waals surface area contributed by atoms with Crippen LogP contribution in [-0.2, 0) is 11.3 Å². The smallest absolute Gasteiger partial charge is 0.252 e. The number of aromatic amines is 1. The minimum absolute atomic E-state index is 0.127. The van der Waals surface area contributed by atoms with Crippen molar-refractivity contribution in [1.29, 1.82) is 0 Å². The Morgan fingerprint density at radius 2 is 1.64 bits per heavy atom. The van der Waals surface area contributed by atoms with E-state index >= 15 is 0 Å². The molecule has 5 rings (SSSR count). The Morgan fingerprint density at radius 1 is 0.923 bits per heavy atom. The lowest BCUT2D eigenvalue weighted by molar-refractivity contribution is -0.132. The number of anilines is 2. The highest BCUT2D eigenvalue weighted by atomic mass is 35.5. The number of nitrogens with zero attached hydrogens (tertiary/aromatic N) is 5. The van der Waals surface area contributed by atoms with E-state index in [1.807, 2.05) is 53.4 Å². The molecule has 1 aromatic heterocycles. The summed E-state index contributed by atoms with van der Waals surface area (Å²) in [6.45, 7) is 8.88. The summed E-state index contributed by atoms with van der Waals surface area (Å²) in [5.74, 6) is 0.644. The lowest BCUT2D eigenvalue weighted by atomic mass is 9.95. The Hall–Kier alpha value is -3.36. The van der Waals surface area contributed by atoms with Gasteiger partial charge in [0.1, 0.15) is 0 Å². The summed E-state index contributed by atoms with van der Waals surface area (Å²) in [5.41, 5.74) is 2.76. The number of para-hydroxylation sites is 1. The summed E-state index contributed by atoms with van der Waals surface area (Å²) in [7, 11) is 0. The van der Waals surface area contributed by atoms with Crippen molar-refractivity contribution in [3.05, 3.63) is 87.3 Å². The molecule has 0 unspecified atom stereocenters. The lowest BCUT2D eigenvalue weighted by Gasteiger charge is -2.36. The fraction of sp³-hybridized carbons (Fsp3) is 0.433. The van der Waals surface area contributed by atoms with Crippen LogP contribution in [0.15, 0.2) is 65.5 Å². The minimum Gasteiger partial charge on any atom is -0.368 e. The van der Waals surface area contributed by atoms with Gasteiger partial charge in [-0.3, -0.25) is 19.5 Å². The van der Waals surface area contributed by atoms with Gasteiger partial charge in [0.05, 0.1) is 22.3 Å². The Labute approximate surface area is 235 Å². The highest BCUT2D eigenvalue weighted by molar-refractivity contribution is 6.33. The first-order valence-corrected chi connectivity index (χ1v) is 14.3. The van der Waals surface area contributed by atoms with E-state index in [2.05, 4.69) is 32.7 Å². The number of hydrogen-bond acceptors (Lipinski definition) is 6. The molecule has 39 heavy (non-hydrogen) atoms. The molecule has 2 saturated heterocycles. The molecule has 1 atom stereocenters. The molecule has 1 amide bonds. The number of hydrogen-bond donors (Lipinski definition) is 1. The van der Waals surface area contributed by atoms with Crippen molar-refractivity contribution < 1.29 is 4.79 Å². The number of nitrogens with one attached hydrogen (secondary N) is 1. The van der Waals surface area contributed by atoms with Gasteiger partial charge >= 0.3 is 0 Å². The van der Waals surface area contributed by atoms with Crippen LogP contribution in [-0.4, -0.2) is 78.0 Å². The van der Waals surface area contributed by atoms with Crippen molar-refractivity contribution in [1.82, 2.24) is 19.8 Å². The molecule has 0 spiro atoms. The van der Waals surface area contributed by atoms with E-state index in [4.69, 9.17) is 16.6 Å². The van der Waals surface area contributed by atoms with Crippen molar-refractivity contribution in [2.45, 2.75) is 32.2 Å². The molecule has 0 radical (unpaired) electrons. The van der Waals surface area contributed by atoms with Crippen molar-refractivity contribution in [2.24, 2.45) is 0 Å². The van der Waals surface area contributed by atoms with Gasteiger partial charge in [-0.05, 0) is 30.5 Å². The van der Waals surface area contributed by atoms with Gasteiger partial charge in [0.25, 0.3) is 5.56 Å². The first-order valence-electron chi connectivity index (χ1n) is 13.9. The predicted octanol–water partition coefficient (Wildman–Crippen LogP) is 3.98. The van der Waals surface area contributed by atoms with E-state index in [1.165, 1.54) is 0 Å². The molecule has 0 saturated carbocycles. The van der Waals surface area contributed by atoms with Crippen molar-refractivity contribution in [2.75, 3.05) is 62.2 Å². The predicted molar refractivity (Wildman–Crippen MR) is 157 cm³/mol. The molecular formula is C30H37ClN6O2. The zero-order chi connectivity index (χ0) is 27.2. The van der Waals surface area contributed by atoms with Gasteiger partial charge in [0.15, 0.2) is 0 Å². The fourth-order valence-electron chi connectivity index (χ4n) is 5.62. The summed E-state index contributed by atoms with van der Waals surface area (Å²) in [6.07, 6.45) is 1.60. The molecular weight excluding hydrogens is 512 g/mol. The quantitative estimate of drug-likeness (QED) is 0.481. The molecule has 3 heterocycles. The third kappa shape index (κ3) is 6.62. The average molecular weight is 549 g/mol. The van der Waals surface area contributed by atoms with E-state index < -0.39 is 0 Å². The number of H-pyrrole nitrogens is 1. The average Bonchev–Trinajstić information content (AvgIpc) is 3.21. The molecule has 2 aromatic carbocycles. The SMILES string of the molecule is CC[C@H](C(=O)N1CCCN(c2nc(CN3CCN(c4ccccc4Cl)CC3)cc(=O)[nH]2)CC1)c1ccccc1. The Balaban J connectivity index is 1.20. The molecule has 2 aliphatic heterocycles. The van der Waals surface area contributed by atoms with E-state index in [1.54, 1.807) is 6.07 Å². The second-order valence-electron chi connectivity index (χ2n) is 10.3. The molecule has 9 heteroatoms. The Morgan fingerprint density at radius 3 is 2.38 bits per heavy atom. The third-order valence-electron chi connectivity index (χ3n) is 7.75. The molecule has 8 nitrogen and oxygen atoms in total. The molecule has 0 aliphatic carbocycles. The minimum atomic E-state index is -0.142. The van der Waals surface area contributed by atoms with Crippen LogP contribution in [0.5, 0.6) is 0 Å². The number of amides is 1. The lowest BCUT2D eigenvalue weighted by Crippen LogP contribution is -2.46. The molecule has 2 aliphatic rings. The number of piperazine rings is 1. The fourth-order valence-corrected chi connectivity index (χ4v) is 5.87. The summed E-state index contributed by atoms with van der Waals surface area (Å²) >= 11 is 6.39. The van der Waals surface area contributed by atoms with Crippen LogP contribution in [0.3, 0.4) is 0 Å². The van der Waals surface area contributed by atoms with E-state index in [0.29, 0.717) is 32.1 Å². The van der Waals surface area contributed by atoms with Crippen LogP contribution in [0.4, 0.5) is 11.6 Å². The number of aromatic nitrogens is 2. The maximum absolute atomic E-state index is 13.4.